The topological polar surface area (TPSA) is 70.7 Å². The minimum absolute atomic E-state index is 0.00692. The van der Waals surface area contributed by atoms with Gasteiger partial charge in [0.05, 0.1) is 31.8 Å². The van der Waals surface area contributed by atoms with Crippen LogP contribution >= 0.6 is 0 Å². The molecule has 0 bridgehead atoms. The molecule has 0 atom stereocenters. The lowest BCUT2D eigenvalue weighted by Crippen LogP contribution is -2.73. The zero-order valence-corrected chi connectivity index (χ0v) is 13.2. The molecule has 0 radical (unpaired) electrons. The van der Waals surface area contributed by atoms with Gasteiger partial charge in [-0.1, -0.05) is 32.1 Å². The Bertz CT molecular complexity index is 417. The third-order valence-corrected chi connectivity index (χ3v) is 5.30. The lowest BCUT2D eigenvalue weighted by molar-refractivity contribution is -0.165. The monoisotopic (exact) mass is 309 g/mol. The molecule has 124 valence electrons. The van der Waals surface area contributed by atoms with Crippen LogP contribution < -0.4 is 10.6 Å². The van der Waals surface area contributed by atoms with E-state index in [2.05, 4.69) is 10.6 Å². The first kappa shape index (κ1) is 15.7. The standard InChI is InChI=1S/C16H27N3O3/c20-14(17-7-6-13-4-2-1-3-5-13)8-19-9-15(21)18-10-16(19)11-22-12-16/h13H,1-12H2,(H,17,20)(H,18,21). The highest BCUT2D eigenvalue weighted by Gasteiger charge is 2.48. The number of carbonyl (C=O) groups is 2. The van der Waals surface area contributed by atoms with Gasteiger partial charge in [0, 0.05) is 13.1 Å². The number of hydrogen-bond acceptors (Lipinski definition) is 4. The molecule has 1 spiro atoms. The quantitative estimate of drug-likeness (QED) is 0.765. The second-order valence-corrected chi connectivity index (χ2v) is 6.99. The van der Waals surface area contributed by atoms with Gasteiger partial charge < -0.3 is 15.4 Å². The van der Waals surface area contributed by atoms with Crippen molar-refractivity contribution in [3.8, 4) is 0 Å². The average molecular weight is 309 g/mol. The molecule has 2 amide bonds. The molecule has 3 fully saturated rings. The Balaban J connectivity index is 1.41. The number of hydrogen-bond donors (Lipinski definition) is 2. The molecular formula is C16H27N3O3. The summed E-state index contributed by atoms with van der Waals surface area (Å²) in [6.45, 7) is 3.13. The maximum Gasteiger partial charge on any atom is 0.234 e. The Kier molecular flexibility index (Phi) is 4.98. The Hall–Kier alpha value is -1.14. The van der Waals surface area contributed by atoms with E-state index >= 15 is 0 Å². The van der Waals surface area contributed by atoms with E-state index in [4.69, 9.17) is 4.74 Å². The average Bonchev–Trinajstić information content (AvgIpc) is 2.47. The van der Waals surface area contributed by atoms with Crippen molar-refractivity contribution in [1.82, 2.24) is 15.5 Å². The highest BCUT2D eigenvalue weighted by Crippen LogP contribution is 2.27. The van der Waals surface area contributed by atoms with Crippen LogP contribution in [-0.4, -0.2) is 61.6 Å². The van der Waals surface area contributed by atoms with Crippen LogP contribution in [0.3, 0.4) is 0 Å². The van der Waals surface area contributed by atoms with Crippen molar-refractivity contribution in [2.24, 2.45) is 5.92 Å². The first-order chi connectivity index (χ1) is 10.7. The second kappa shape index (κ2) is 6.96. The van der Waals surface area contributed by atoms with Gasteiger partial charge in [-0.3, -0.25) is 14.5 Å². The summed E-state index contributed by atoms with van der Waals surface area (Å²) in [7, 11) is 0. The summed E-state index contributed by atoms with van der Waals surface area (Å²) in [5.41, 5.74) is -0.158. The normalized spacial score (nSPS) is 25.5. The molecule has 6 heteroatoms. The number of ether oxygens (including phenoxy) is 1. The van der Waals surface area contributed by atoms with Crippen molar-refractivity contribution >= 4 is 11.8 Å². The SMILES string of the molecule is O=C(CN1CC(=O)NCC12COC2)NCCC1CCCCC1. The van der Waals surface area contributed by atoms with Crippen LogP contribution in [0.1, 0.15) is 38.5 Å². The van der Waals surface area contributed by atoms with Crippen molar-refractivity contribution in [2.45, 2.75) is 44.1 Å². The summed E-state index contributed by atoms with van der Waals surface area (Å²) in [6.07, 6.45) is 7.74. The molecule has 0 aromatic rings. The van der Waals surface area contributed by atoms with E-state index < -0.39 is 0 Å². The summed E-state index contributed by atoms with van der Waals surface area (Å²) in [6, 6.07) is 0. The molecule has 6 nitrogen and oxygen atoms in total. The van der Waals surface area contributed by atoms with E-state index in [0.717, 1.165) is 18.9 Å². The fourth-order valence-corrected chi connectivity index (χ4v) is 3.74. The molecule has 2 aliphatic heterocycles. The van der Waals surface area contributed by atoms with Gasteiger partial charge in [0.15, 0.2) is 0 Å². The first-order valence-corrected chi connectivity index (χ1v) is 8.54. The van der Waals surface area contributed by atoms with Crippen molar-refractivity contribution in [2.75, 3.05) is 39.4 Å². The summed E-state index contributed by atoms with van der Waals surface area (Å²) in [5.74, 6) is 0.797. The Morgan fingerprint density at radius 3 is 2.77 bits per heavy atom. The number of nitrogens with one attached hydrogen (secondary N) is 2. The highest BCUT2D eigenvalue weighted by atomic mass is 16.5. The maximum atomic E-state index is 12.2. The van der Waals surface area contributed by atoms with Crippen molar-refractivity contribution in [3.63, 3.8) is 0 Å². The largest absolute Gasteiger partial charge is 0.377 e. The first-order valence-electron chi connectivity index (χ1n) is 8.54. The van der Waals surface area contributed by atoms with Crippen LogP contribution in [0.2, 0.25) is 0 Å². The van der Waals surface area contributed by atoms with Crippen molar-refractivity contribution in [3.05, 3.63) is 0 Å². The molecule has 22 heavy (non-hydrogen) atoms. The van der Waals surface area contributed by atoms with Crippen LogP contribution in [0.5, 0.6) is 0 Å². The fraction of sp³-hybridized carbons (Fsp3) is 0.875. The molecule has 2 heterocycles. The number of rotatable bonds is 5. The van der Waals surface area contributed by atoms with E-state index in [0.29, 0.717) is 32.8 Å². The summed E-state index contributed by atoms with van der Waals surface area (Å²) < 4.78 is 5.30. The van der Waals surface area contributed by atoms with Crippen LogP contribution in [0, 0.1) is 5.92 Å². The second-order valence-electron chi connectivity index (χ2n) is 6.99. The van der Waals surface area contributed by atoms with E-state index in [1.54, 1.807) is 0 Å². The van der Waals surface area contributed by atoms with Gasteiger partial charge >= 0.3 is 0 Å². The highest BCUT2D eigenvalue weighted by molar-refractivity contribution is 5.82. The Morgan fingerprint density at radius 1 is 1.32 bits per heavy atom. The van der Waals surface area contributed by atoms with Crippen LogP contribution in [0.25, 0.3) is 0 Å². The van der Waals surface area contributed by atoms with Gasteiger partial charge in [-0.05, 0) is 12.3 Å². The van der Waals surface area contributed by atoms with Crippen LogP contribution in [0.15, 0.2) is 0 Å². The molecule has 2 saturated heterocycles. The molecule has 2 N–H and O–H groups in total. The number of amides is 2. The molecule has 3 aliphatic rings. The number of nitrogens with zero attached hydrogens (tertiary/aromatic N) is 1. The van der Waals surface area contributed by atoms with E-state index in [1.165, 1.54) is 32.1 Å². The van der Waals surface area contributed by atoms with Gasteiger partial charge in [0.2, 0.25) is 11.8 Å². The Labute approximate surface area is 131 Å². The molecule has 1 aliphatic carbocycles. The van der Waals surface area contributed by atoms with E-state index in [9.17, 15) is 9.59 Å². The van der Waals surface area contributed by atoms with Crippen molar-refractivity contribution < 1.29 is 14.3 Å². The predicted molar refractivity (Wildman–Crippen MR) is 82.3 cm³/mol. The van der Waals surface area contributed by atoms with Crippen LogP contribution in [0.4, 0.5) is 0 Å². The van der Waals surface area contributed by atoms with Gasteiger partial charge in [-0.25, -0.2) is 0 Å². The van der Waals surface area contributed by atoms with Gasteiger partial charge in [0.1, 0.15) is 0 Å². The predicted octanol–water partition coefficient (Wildman–Crippen LogP) is 0.274. The number of carbonyl (C=O) groups excluding carboxylic acids is 2. The minimum atomic E-state index is -0.158. The summed E-state index contributed by atoms with van der Waals surface area (Å²) in [5, 5.41) is 5.90. The van der Waals surface area contributed by atoms with Gasteiger partial charge in [0.25, 0.3) is 0 Å². The zero-order valence-electron chi connectivity index (χ0n) is 13.2. The van der Waals surface area contributed by atoms with E-state index in [-0.39, 0.29) is 17.4 Å². The van der Waals surface area contributed by atoms with Gasteiger partial charge in [-0.2, -0.15) is 0 Å². The molecule has 0 unspecified atom stereocenters. The smallest absolute Gasteiger partial charge is 0.234 e. The molecule has 0 aromatic carbocycles. The molecular weight excluding hydrogens is 282 g/mol. The van der Waals surface area contributed by atoms with E-state index in [1.807, 2.05) is 4.90 Å². The maximum absolute atomic E-state index is 12.2. The molecule has 1 saturated carbocycles. The third-order valence-electron chi connectivity index (χ3n) is 5.30. The third kappa shape index (κ3) is 3.60. The fourth-order valence-electron chi connectivity index (χ4n) is 3.74. The lowest BCUT2D eigenvalue weighted by atomic mass is 9.87. The molecule has 3 rings (SSSR count). The Morgan fingerprint density at radius 2 is 2.09 bits per heavy atom. The summed E-state index contributed by atoms with van der Waals surface area (Å²) >= 11 is 0. The van der Waals surface area contributed by atoms with Crippen molar-refractivity contribution in [1.29, 1.82) is 0 Å². The zero-order chi connectivity index (χ0) is 15.4. The summed E-state index contributed by atoms with van der Waals surface area (Å²) in [4.78, 5) is 25.7. The van der Waals surface area contributed by atoms with Gasteiger partial charge in [-0.15, -0.1) is 0 Å². The number of piperazine rings is 1. The lowest BCUT2D eigenvalue weighted by Gasteiger charge is -2.51. The molecule has 0 aromatic heterocycles. The minimum Gasteiger partial charge on any atom is -0.377 e. The van der Waals surface area contributed by atoms with Crippen LogP contribution in [-0.2, 0) is 14.3 Å².